The van der Waals surface area contributed by atoms with Crippen molar-refractivity contribution in [1.29, 1.82) is 0 Å². The molecule has 2 saturated heterocycles. The summed E-state index contributed by atoms with van der Waals surface area (Å²) in [6.45, 7) is 4.30. The molecule has 1 N–H and O–H groups in total. The lowest BCUT2D eigenvalue weighted by Gasteiger charge is -2.38. The summed E-state index contributed by atoms with van der Waals surface area (Å²) in [4.78, 5) is 4.45. The van der Waals surface area contributed by atoms with Gasteiger partial charge in [0.2, 0.25) is 0 Å². The van der Waals surface area contributed by atoms with E-state index in [2.05, 4.69) is 22.4 Å². The molecule has 0 spiro atoms. The first-order chi connectivity index (χ1) is 8.75. The van der Waals surface area contributed by atoms with Crippen molar-refractivity contribution in [2.45, 2.75) is 43.6 Å². The Morgan fingerprint density at radius 1 is 1.50 bits per heavy atom. The second-order valence-corrected chi connectivity index (χ2v) is 6.55. The van der Waals surface area contributed by atoms with Gasteiger partial charge in [-0.15, -0.1) is 0 Å². The van der Waals surface area contributed by atoms with Crippen molar-refractivity contribution >= 4 is 11.8 Å². The van der Waals surface area contributed by atoms with Crippen LogP contribution < -0.4 is 5.32 Å². The van der Waals surface area contributed by atoms with Crippen molar-refractivity contribution in [1.82, 2.24) is 15.5 Å². The summed E-state index contributed by atoms with van der Waals surface area (Å²) in [6, 6.07) is 0. The van der Waals surface area contributed by atoms with Crippen LogP contribution in [0, 0.1) is 0 Å². The molecule has 0 bridgehead atoms. The maximum absolute atomic E-state index is 5.79. The second-order valence-electron chi connectivity index (χ2n) is 5.24. The Bertz CT molecular complexity index is 400. The quantitative estimate of drug-likeness (QED) is 0.901. The monoisotopic (exact) mass is 269 g/mol. The Morgan fingerprint density at radius 3 is 3.06 bits per heavy atom. The summed E-state index contributed by atoms with van der Waals surface area (Å²) in [6.07, 6.45) is 3.73. The van der Waals surface area contributed by atoms with Gasteiger partial charge in [0.05, 0.1) is 10.9 Å². The zero-order valence-corrected chi connectivity index (χ0v) is 11.5. The van der Waals surface area contributed by atoms with E-state index >= 15 is 0 Å². The number of ether oxygens (including phenoxy) is 1. The summed E-state index contributed by atoms with van der Waals surface area (Å²) in [5, 5.41) is 7.70. The molecule has 0 amide bonds. The van der Waals surface area contributed by atoms with Crippen molar-refractivity contribution in [3.05, 3.63) is 11.7 Å². The molecule has 0 radical (unpaired) electrons. The zero-order chi connectivity index (χ0) is 12.4. The van der Waals surface area contributed by atoms with Gasteiger partial charge >= 0.3 is 0 Å². The maximum atomic E-state index is 5.79. The van der Waals surface area contributed by atoms with Crippen molar-refractivity contribution in [3.63, 3.8) is 0 Å². The lowest BCUT2D eigenvalue weighted by molar-refractivity contribution is -0.0841. The van der Waals surface area contributed by atoms with Crippen LogP contribution in [0.2, 0.25) is 0 Å². The summed E-state index contributed by atoms with van der Waals surface area (Å²) in [7, 11) is 0. The van der Waals surface area contributed by atoms with E-state index in [1.54, 1.807) is 0 Å². The molecule has 18 heavy (non-hydrogen) atoms. The SMILES string of the molecule is CC1(OCc2nc(C3CCCCS3)no2)CNC1. The first-order valence-electron chi connectivity index (χ1n) is 6.54. The van der Waals surface area contributed by atoms with Crippen LogP contribution in [0.3, 0.4) is 0 Å². The molecule has 3 heterocycles. The van der Waals surface area contributed by atoms with Gasteiger partial charge in [0.1, 0.15) is 6.61 Å². The number of nitrogens with one attached hydrogen (secondary N) is 1. The van der Waals surface area contributed by atoms with E-state index in [4.69, 9.17) is 9.26 Å². The van der Waals surface area contributed by atoms with Gasteiger partial charge in [0.15, 0.2) is 5.82 Å². The number of hydrogen-bond acceptors (Lipinski definition) is 6. The van der Waals surface area contributed by atoms with Crippen LogP contribution in [0.1, 0.15) is 43.2 Å². The predicted molar refractivity (Wildman–Crippen MR) is 69.4 cm³/mol. The Balaban J connectivity index is 1.55. The molecule has 0 saturated carbocycles. The fourth-order valence-corrected chi connectivity index (χ4v) is 3.45. The Hall–Kier alpha value is -0.590. The van der Waals surface area contributed by atoms with Crippen LogP contribution in [-0.2, 0) is 11.3 Å². The highest BCUT2D eigenvalue weighted by Gasteiger charge is 2.33. The Kier molecular flexibility index (Phi) is 3.59. The van der Waals surface area contributed by atoms with Crippen LogP contribution >= 0.6 is 11.8 Å². The standard InChI is InChI=1S/C12H19N3O2S/c1-12(7-13-8-12)16-6-10-14-11(15-17-10)9-4-2-3-5-18-9/h9,13H,2-8H2,1H3. The third-order valence-corrected chi connectivity index (χ3v) is 4.87. The third kappa shape index (κ3) is 2.70. The van der Waals surface area contributed by atoms with E-state index in [9.17, 15) is 0 Å². The highest BCUT2D eigenvalue weighted by atomic mass is 32.2. The van der Waals surface area contributed by atoms with Gasteiger partial charge in [0.25, 0.3) is 5.89 Å². The molecule has 6 heteroatoms. The average Bonchev–Trinajstić information content (AvgIpc) is 2.84. The lowest BCUT2D eigenvalue weighted by Crippen LogP contribution is -2.58. The largest absolute Gasteiger partial charge is 0.363 e. The molecular formula is C12H19N3O2S. The van der Waals surface area contributed by atoms with Gasteiger partial charge < -0.3 is 14.6 Å². The van der Waals surface area contributed by atoms with Gasteiger partial charge in [-0.05, 0) is 25.5 Å². The molecule has 0 aromatic carbocycles. The minimum Gasteiger partial charge on any atom is -0.363 e. The van der Waals surface area contributed by atoms with Crippen molar-refractivity contribution < 1.29 is 9.26 Å². The third-order valence-electron chi connectivity index (χ3n) is 3.49. The van der Waals surface area contributed by atoms with Crippen LogP contribution in [-0.4, -0.2) is 34.6 Å². The van der Waals surface area contributed by atoms with Gasteiger partial charge in [-0.1, -0.05) is 11.6 Å². The van der Waals surface area contributed by atoms with E-state index in [0.29, 0.717) is 17.7 Å². The van der Waals surface area contributed by atoms with E-state index in [1.165, 1.54) is 18.6 Å². The molecule has 2 aliphatic heterocycles. The molecule has 2 aliphatic rings. The summed E-state index contributed by atoms with van der Waals surface area (Å²) < 4.78 is 11.0. The average molecular weight is 269 g/mol. The maximum Gasteiger partial charge on any atom is 0.252 e. The lowest BCUT2D eigenvalue weighted by atomic mass is 10.0. The van der Waals surface area contributed by atoms with E-state index in [1.807, 2.05) is 11.8 Å². The zero-order valence-electron chi connectivity index (χ0n) is 10.6. The van der Waals surface area contributed by atoms with Gasteiger partial charge in [-0.25, -0.2) is 0 Å². The molecule has 5 nitrogen and oxygen atoms in total. The molecule has 3 rings (SSSR count). The molecule has 1 atom stereocenters. The number of rotatable bonds is 4. The molecule has 100 valence electrons. The topological polar surface area (TPSA) is 60.2 Å². The van der Waals surface area contributed by atoms with Crippen LogP contribution in [0.15, 0.2) is 4.52 Å². The predicted octanol–water partition coefficient (Wildman–Crippen LogP) is 1.91. The molecular weight excluding hydrogens is 250 g/mol. The highest BCUT2D eigenvalue weighted by Crippen LogP contribution is 2.36. The first-order valence-corrected chi connectivity index (χ1v) is 7.59. The molecule has 1 aromatic heterocycles. The van der Waals surface area contributed by atoms with E-state index < -0.39 is 0 Å². The number of nitrogens with zero attached hydrogens (tertiary/aromatic N) is 2. The minimum absolute atomic E-state index is 0.0613. The first kappa shape index (κ1) is 12.4. The van der Waals surface area contributed by atoms with E-state index in [-0.39, 0.29) is 5.60 Å². The van der Waals surface area contributed by atoms with Crippen molar-refractivity contribution in [2.24, 2.45) is 0 Å². The highest BCUT2D eigenvalue weighted by molar-refractivity contribution is 7.99. The van der Waals surface area contributed by atoms with Crippen molar-refractivity contribution in [2.75, 3.05) is 18.8 Å². The van der Waals surface area contributed by atoms with Gasteiger partial charge in [-0.2, -0.15) is 16.7 Å². The molecule has 1 unspecified atom stereocenters. The number of hydrogen-bond donors (Lipinski definition) is 1. The van der Waals surface area contributed by atoms with Crippen LogP contribution in [0.4, 0.5) is 0 Å². The Morgan fingerprint density at radius 2 is 2.39 bits per heavy atom. The van der Waals surface area contributed by atoms with Gasteiger partial charge in [0, 0.05) is 13.1 Å². The summed E-state index contributed by atoms with van der Waals surface area (Å²) in [5.74, 6) is 2.65. The summed E-state index contributed by atoms with van der Waals surface area (Å²) >= 11 is 1.93. The van der Waals surface area contributed by atoms with Crippen LogP contribution in [0.25, 0.3) is 0 Å². The van der Waals surface area contributed by atoms with Crippen molar-refractivity contribution in [3.8, 4) is 0 Å². The molecule has 1 aromatic rings. The molecule has 2 fully saturated rings. The van der Waals surface area contributed by atoms with E-state index in [0.717, 1.165) is 25.3 Å². The Labute approximate surface area is 111 Å². The fraction of sp³-hybridized carbons (Fsp3) is 0.833. The number of aromatic nitrogens is 2. The fourth-order valence-electron chi connectivity index (χ4n) is 2.22. The smallest absolute Gasteiger partial charge is 0.252 e. The van der Waals surface area contributed by atoms with Crippen LogP contribution in [0.5, 0.6) is 0 Å². The number of thioether (sulfide) groups is 1. The minimum atomic E-state index is -0.0613. The van der Waals surface area contributed by atoms with Gasteiger partial charge in [-0.3, -0.25) is 0 Å². The normalized spacial score (nSPS) is 26.8. The second kappa shape index (κ2) is 5.19. The molecule has 0 aliphatic carbocycles. The summed E-state index contributed by atoms with van der Waals surface area (Å²) in [5.41, 5.74) is -0.0613.